The van der Waals surface area contributed by atoms with Crippen molar-refractivity contribution in [3.05, 3.63) is 40.6 Å². The highest BCUT2D eigenvalue weighted by atomic mass is 16.5. The summed E-state index contributed by atoms with van der Waals surface area (Å²) in [5.41, 5.74) is 4.68. The molecule has 1 aromatic heterocycles. The van der Waals surface area contributed by atoms with Crippen molar-refractivity contribution in [3.63, 3.8) is 0 Å². The molecule has 1 aliphatic heterocycles. The molecule has 0 bridgehead atoms. The molecule has 0 radical (unpaired) electrons. The summed E-state index contributed by atoms with van der Waals surface area (Å²) in [6.45, 7) is 6.49. The molecule has 1 aliphatic carbocycles. The quantitative estimate of drug-likeness (QED) is 0.824. The Morgan fingerprint density at radius 1 is 1.12 bits per heavy atom. The van der Waals surface area contributed by atoms with Gasteiger partial charge in [-0.3, -0.25) is 14.9 Å². The predicted molar refractivity (Wildman–Crippen MR) is 100 cm³/mol. The molecule has 136 valence electrons. The monoisotopic (exact) mass is 352 g/mol. The van der Waals surface area contributed by atoms with Crippen LogP contribution in [0.4, 0.5) is 0 Å². The number of hydrogen-bond acceptors (Lipinski definition) is 3. The summed E-state index contributed by atoms with van der Waals surface area (Å²) < 4.78 is 5.81. The topological polar surface area (TPSA) is 71.2 Å². The lowest BCUT2D eigenvalue weighted by Gasteiger charge is -2.20. The van der Waals surface area contributed by atoms with Crippen molar-refractivity contribution < 1.29 is 14.3 Å². The van der Waals surface area contributed by atoms with Crippen molar-refractivity contribution in [2.24, 2.45) is 5.92 Å². The van der Waals surface area contributed by atoms with Crippen LogP contribution in [0.1, 0.15) is 50.3 Å². The van der Waals surface area contributed by atoms with Gasteiger partial charge in [0.2, 0.25) is 0 Å². The molecular formula is C21H24N2O3. The lowest BCUT2D eigenvalue weighted by molar-refractivity contribution is -0.124. The third kappa shape index (κ3) is 2.45. The fraction of sp³-hybridized carbons (Fsp3) is 0.429. The van der Waals surface area contributed by atoms with Crippen LogP contribution in [0, 0.1) is 12.8 Å². The van der Waals surface area contributed by atoms with E-state index in [2.05, 4.69) is 23.3 Å². The minimum Gasteiger partial charge on any atom is -0.493 e. The normalized spacial score (nSPS) is 23.2. The first-order valence-corrected chi connectivity index (χ1v) is 9.33. The van der Waals surface area contributed by atoms with Crippen molar-refractivity contribution in [2.45, 2.75) is 46.0 Å². The van der Waals surface area contributed by atoms with E-state index in [1.165, 1.54) is 11.3 Å². The standard InChI is InChI=1S/C21H24N2O3/c1-4-26-16-10-6-9-15-18(16)11(2)19(22-15)14-8-5-7-13(14)17-12(3)20(24)23-21(17)25/h6,9-10,13-14,22H,4-5,7-8H2,1-3H3,(H,23,24,25). The van der Waals surface area contributed by atoms with Crippen molar-refractivity contribution in [2.75, 3.05) is 6.61 Å². The minimum absolute atomic E-state index is 0.0868. The number of aromatic amines is 1. The Hall–Kier alpha value is -2.56. The first kappa shape index (κ1) is 16.9. The van der Waals surface area contributed by atoms with E-state index in [1.54, 1.807) is 6.92 Å². The molecule has 2 unspecified atom stereocenters. The molecule has 2 atom stereocenters. The predicted octanol–water partition coefficient (Wildman–Crippen LogP) is 3.73. The molecule has 26 heavy (non-hydrogen) atoms. The molecule has 5 heteroatoms. The smallest absolute Gasteiger partial charge is 0.254 e. The molecule has 2 amide bonds. The van der Waals surface area contributed by atoms with E-state index in [1.807, 2.05) is 19.1 Å². The molecule has 0 saturated heterocycles. The van der Waals surface area contributed by atoms with Crippen LogP contribution in [-0.2, 0) is 9.59 Å². The maximum absolute atomic E-state index is 12.3. The number of hydrogen-bond donors (Lipinski definition) is 2. The molecular weight excluding hydrogens is 328 g/mol. The van der Waals surface area contributed by atoms with Crippen LogP contribution in [0.3, 0.4) is 0 Å². The van der Waals surface area contributed by atoms with Crippen molar-refractivity contribution in [1.29, 1.82) is 0 Å². The second-order valence-corrected chi connectivity index (χ2v) is 7.24. The van der Waals surface area contributed by atoms with Crippen LogP contribution < -0.4 is 10.1 Å². The van der Waals surface area contributed by atoms with E-state index in [9.17, 15) is 9.59 Å². The number of H-pyrrole nitrogens is 1. The molecule has 1 saturated carbocycles. The van der Waals surface area contributed by atoms with Gasteiger partial charge in [0.05, 0.1) is 6.61 Å². The molecule has 2 heterocycles. The van der Waals surface area contributed by atoms with Crippen LogP contribution >= 0.6 is 0 Å². The zero-order chi connectivity index (χ0) is 18.4. The van der Waals surface area contributed by atoms with Gasteiger partial charge in [-0.05, 0) is 57.2 Å². The third-order valence-electron chi connectivity index (χ3n) is 5.85. The summed E-state index contributed by atoms with van der Waals surface area (Å²) in [7, 11) is 0. The van der Waals surface area contributed by atoms with Gasteiger partial charge in [0, 0.05) is 33.7 Å². The Morgan fingerprint density at radius 3 is 2.58 bits per heavy atom. The Bertz CT molecular complexity index is 938. The van der Waals surface area contributed by atoms with E-state index in [0.29, 0.717) is 17.8 Å². The van der Waals surface area contributed by atoms with Crippen LogP contribution in [0.25, 0.3) is 10.9 Å². The average molecular weight is 352 g/mol. The number of rotatable bonds is 4. The lowest BCUT2D eigenvalue weighted by atomic mass is 9.83. The number of aryl methyl sites for hydroxylation is 1. The zero-order valence-electron chi connectivity index (χ0n) is 15.4. The number of fused-ring (bicyclic) bond motifs is 1. The highest BCUT2D eigenvalue weighted by molar-refractivity contribution is 6.19. The van der Waals surface area contributed by atoms with Gasteiger partial charge in [0.1, 0.15) is 5.75 Å². The maximum atomic E-state index is 12.3. The highest BCUT2D eigenvalue weighted by Crippen LogP contribution is 2.47. The van der Waals surface area contributed by atoms with E-state index < -0.39 is 0 Å². The molecule has 0 spiro atoms. The second-order valence-electron chi connectivity index (χ2n) is 7.24. The minimum atomic E-state index is -0.248. The fourth-order valence-electron chi connectivity index (χ4n) is 4.70. The van der Waals surface area contributed by atoms with Gasteiger partial charge in [-0.2, -0.15) is 0 Å². The van der Waals surface area contributed by atoms with Crippen LogP contribution in [0.2, 0.25) is 0 Å². The molecule has 2 aromatic rings. The van der Waals surface area contributed by atoms with Crippen LogP contribution in [-0.4, -0.2) is 23.4 Å². The number of benzene rings is 1. The Kier molecular flexibility index (Phi) is 4.10. The Morgan fingerprint density at radius 2 is 1.88 bits per heavy atom. The summed E-state index contributed by atoms with van der Waals surface area (Å²) in [6.07, 6.45) is 3.01. The first-order valence-electron chi connectivity index (χ1n) is 9.33. The third-order valence-corrected chi connectivity index (χ3v) is 5.85. The average Bonchev–Trinajstić information content (AvgIpc) is 3.26. The van der Waals surface area contributed by atoms with Crippen LogP contribution in [0.5, 0.6) is 5.75 Å². The van der Waals surface area contributed by atoms with Crippen molar-refractivity contribution in [1.82, 2.24) is 10.3 Å². The summed E-state index contributed by atoms with van der Waals surface area (Å²) in [5, 5.41) is 3.57. The number of carbonyl (C=O) groups excluding carboxylic acids is 2. The van der Waals surface area contributed by atoms with Gasteiger partial charge >= 0.3 is 0 Å². The number of aromatic nitrogens is 1. The number of ether oxygens (including phenoxy) is 1. The van der Waals surface area contributed by atoms with Gasteiger partial charge < -0.3 is 9.72 Å². The van der Waals surface area contributed by atoms with Gasteiger partial charge in [0.25, 0.3) is 11.8 Å². The summed E-state index contributed by atoms with van der Waals surface area (Å²) in [5.74, 6) is 0.738. The Labute approximate surface area is 152 Å². The summed E-state index contributed by atoms with van der Waals surface area (Å²) in [4.78, 5) is 27.8. The number of carbonyl (C=O) groups is 2. The first-order chi connectivity index (χ1) is 12.5. The molecule has 1 fully saturated rings. The van der Waals surface area contributed by atoms with E-state index in [0.717, 1.165) is 35.9 Å². The second kappa shape index (κ2) is 6.31. The SMILES string of the molecule is CCOc1cccc2[nH]c(C3CCCC3C3=C(C)C(=O)NC3=O)c(C)c12. The summed E-state index contributed by atoms with van der Waals surface area (Å²) >= 11 is 0. The molecule has 1 aromatic carbocycles. The van der Waals surface area contributed by atoms with E-state index in [-0.39, 0.29) is 23.7 Å². The Balaban J connectivity index is 1.80. The maximum Gasteiger partial charge on any atom is 0.254 e. The molecule has 5 nitrogen and oxygen atoms in total. The van der Waals surface area contributed by atoms with Gasteiger partial charge in [-0.15, -0.1) is 0 Å². The molecule has 2 N–H and O–H groups in total. The van der Waals surface area contributed by atoms with Crippen molar-refractivity contribution in [3.8, 4) is 5.75 Å². The van der Waals surface area contributed by atoms with Gasteiger partial charge in [-0.25, -0.2) is 0 Å². The largest absolute Gasteiger partial charge is 0.493 e. The molecule has 4 rings (SSSR count). The number of amides is 2. The van der Waals surface area contributed by atoms with Gasteiger partial charge in [0.15, 0.2) is 0 Å². The zero-order valence-corrected chi connectivity index (χ0v) is 15.4. The number of nitrogens with one attached hydrogen (secondary N) is 2. The highest BCUT2D eigenvalue weighted by Gasteiger charge is 2.40. The van der Waals surface area contributed by atoms with Crippen LogP contribution in [0.15, 0.2) is 29.3 Å². The van der Waals surface area contributed by atoms with E-state index >= 15 is 0 Å². The fourth-order valence-corrected chi connectivity index (χ4v) is 4.70. The number of imide groups is 1. The van der Waals surface area contributed by atoms with Crippen molar-refractivity contribution >= 4 is 22.7 Å². The lowest BCUT2D eigenvalue weighted by Crippen LogP contribution is -2.25. The van der Waals surface area contributed by atoms with E-state index in [4.69, 9.17) is 4.74 Å². The van der Waals surface area contributed by atoms with Gasteiger partial charge in [-0.1, -0.05) is 12.5 Å². The molecule has 2 aliphatic rings. The summed E-state index contributed by atoms with van der Waals surface area (Å²) in [6, 6.07) is 6.06.